The molecule has 0 aliphatic rings. The van der Waals surface area contributed by atoms with Crippen LogP contribution in [0.5, 0.6) is 0 Å². The highest BCUT2D eigenvalue weighted by Crippen LogP contribution is 2.12. The topological polar surface area (TPSA) is 59.1 Å². The van der Waals surface area contributed by atoms with E-state index in [9.17, 15) is 9.59 Å². The van der Waals surface area contributed by atoms with Crippen LogP contribution in [0.25, 0.3) is 0 Å². The summed E-state index contributed by atoms with van der Waals surface area (Å²) in [5.41, 5.74) is 0.468. The smallest absolute Gasteiger partial charge is 0.340 e. The fraction of sp³-hybridized carbons (Fsp3) is 0.600. The van der Waals surface area contributed by atoms with Crippen LogP contribution in [0.15, 0.2) is 24.3 Å². The van der Waals surface area contributed by atoms with Gasteiger partial charge in [-0.3, -0.25) is 9.80 Å². The van der Waals surface area contributed by atoms with Crippen LogP contribution < -0.4 is 0 Å². The van der Waals surface area contributed by atoms with E-state index in [0.717, 1.165) is 38.8 Å². The number of nitrogens with zero attached hydrogens (tertiary/aromatic N) is 2. The first kappa shape index (κ1) is 22.1. The summed E-state index contributed by atoms with van der Waals surface area (Å²) in [4.78, 5) is 28.6. The van der Waals surface area contributed by atoms with Crippen molar-refractivity contribution >= 4 is 11.9 Å². The van der Waals surface area contributed by atoms with E-state index in [-0.39, 0.29) is 24.6 Å². The fourth-order valence-corrected chi connectivity index (χ4v) is 2.32. The number of esters is 2. The zero-order valence-corrected chi connectivity index (χ0v) is 16.5. The highest BCUT2D eigenvalue weighted by atomic mass is 16.6. The van der Waals surface area contributed by atoms with E-state index in [1.54, 1.807) is 24.3 Å². The van der Waals surface area contributed by atoms with Gasteiger partial charge in [0.15, 0.2) is 0 Å². The predicted molar refractivity (Wildman–Crippen MR) is 102 cm³/mol. The van der Waals surface area contributed by atoms with E-state index in [1.165, 1.54) is 0 Å². The van der Waals surface area contributed by atoms with Gasteiger partial charge >= 0.3 is 11.9 Å². The fourth-order valence-electron chi connectivity index (χ4n) is 2.32. The summed E-state index contributed by atoms with van der Waals surface area (Å²) in [5, 5.41) is 0. The summed E-state index contributed by atoms with van der Waals surface area (Å²) >= 11 is 0. The number of hydrogen-bond acceptors (Lipinski definition) is 6. The second-order valence-electron chi connectivity index (χ2n) is 6.53. The molecular formula is C20H32N2O4. The maximum atomic E-state index is 12.4. The van der Waals surface area contributed by atoms with E-state index in [2.05, 4.69) is 13.8 Å². The molecule has 0 atom stereocenters. The average molecular weight is 364 g/mol. The predicted octanol–water partition coefficient (Wildman–Crippen LogP) is 3.38. The summed E-state index contributed by atoms with van der Waals surface area (Å²) in [6, 6.07) is 6.60. The zero-order chi connectivity index (χ0) is 19.4. The van der Waals surface area contributed by atoms with Gasteiger partial charge in [-0.15, -0.1) is 0 Å². The molecule has 0 spiro atoms. The number of hydrogen-bond donors (Lipinski definition) is 0. The molecule has 26 heavy (non-hydrogen) atoms. The third kappa shape index (κ3) is 7.97. The van der Waals surface area contributed by atoms with Crippen LogP contribution in [0.4, 0.5) is 0 Å². The Bertz CT molecular complexity index is 513. The van der Waals surface area contributed by atoms with Crippen molar-refractivity contribution in [1.29, 1.82) is 0 Å². The van der Waals surface area contributed by atoms with Crippen LogP contribution in [-0.4, -0.2) is 62.4 Å². The lowest BCUT2D eigenvalue weighted by Gasteiger charge is -2.18. The van der Waals surface area contributed by atoms with Crippen molar-refractivity contribution in [3.05, 3.63) is 35.4 Å². The van der Waals surface area contributed by atoms with Crippen LogP contribution in [-0.2, 0) is 9.47 Å². The summed E-state index contributed by atoms with van der Waals surface area (Å²) in [6.07, 6.45) is 4.25. The zero-order valence-electron chi connectivity index (χ0n) is 16.5. The summed E-state index contributed by atoms with van der Waals surface area (Å²) < 4.78 is 10.7. The first-order valence-electron chi connectivity index (χ1n) is 9.29. The Balaban J connectivity index is 2.62. The highest BCUT2D eigenvalue weighted by molar-refractivity contribution is 6.03. The van der Waals surface area contributed by atoms with E-state index in [0.29, 0.717) is 0 Å². The number of ether oxygens (including phenoxy) is 2. The Hall–Kier alpha value is -1.92. The molecule has 0 unspecified atom stereocenters. The van der Waals surface area contributed by atoms with Gasteiger partial charge in [0.25, 0.3) is 0 Å². The Morgan fingerprint density at radius 2 is 1.19 bits per heavy atom. The van der Waals surface area contributed by atoms with Crippen LogP contribution >= 0.6 is 0 Å². The molecule has 6 heteroatoms. The molecule has 0 aliphatic heterocycles. The molecule has 0 bridgehead atoms. The van der Waals surface area contributed by atoms with Gasteiger partial charge in [0, 0.05) is 13.1 Å². The number of rotatable bonds is 12. The summed E-state index contributed by atoms with van der Waals surface area (Å²) in [6.45, 7) is 6.34. The number of unbranched alkanes of at least 4 members (excludes halogenated alkanes) is 2. The Kier molecular flexibility index (Phi) is 10.6. The van der Waals surface area contributed by atoms with Crippen molar-refractivity contribution in [3.63, 3.8) is 0 Å². The second-order valence-corrected chi connectivity index (χ2v) is 6.53. The molecule has 1 aromatic carbocycles. The van der Waals surface area contributed by atoms with E-state index >= 15 is 0 Å². The third-order valence-electron chi connectivity index (χ3n) is 3.99. The molecule has 0 saturated carbocycles. The molecule has 146 valence electrons. The molecule has 1 aromatic rings. The minimum Gasteiger partial charge on any atom is -0.446 e. The maximum absolute atomic E-state index is 12.4. The largest absolute Gasteiger partial charge is 0.446 e. The van der Waals surface area contributed by atoms with Gasteiger partial charge < -0.3 is 9.47 Å². The van der Waals surface area contributed by atoms with E-state index in [4.69, 9.17) is 9.47 Å². The Morgan fingerprint density at radius 1 is 0.808 bits per heavy atom. The molecular weight excluding hydrogens is 332 g/mol. The van der Waals surface area contributed by atoms with E-state index in [1.807, 2.05) is 23.9 Å². The number of carbonyl (C=O) groups excluding carboxylic acids is 2. The Morgan fingerprint density at radius 3 is 1.54 bits per heavy atom. The van der Waals surface area contributed by atoms with Gasteiger partial charge in [0.05, 0.1) is 11.1 Å². The van der Waals surface area contributed by atoms with Crippen molar-refractivity contribution in [3.8, 4) is 0 Å². The number of benzene rings is 1. The van der Waals surface area contributed by atoms with E-state index < -0.39 is 11.9 Å². The molecule has 0 fully saturated rings. The minimum atomic E-state index is -0.514. The third-order valence-corrected chi connectivity index (χ3v) is 3.99. The van der Waals surface area contributed by atoms with Gasteiger partial charge in [-0.05, 0) is 39.1 Å². The normalized spacial score (nSPS) is 11.0. The Labute approximate surface area is 157 Å². The van der Waals surface area contributed by atoms with Gasteiger partial charge in [-0.25, -0.2) is 9.59 Å². The SMILES string of the molecule is CCCCN(C)COC(=O)c1ccccc1C(=O)OCN(C)CCCC. The van der Waals surface area contributed by atoms with Crippen molar-refractivity contribution in [2.45, 2.75) is 39.5 Å². The second kappa shape index (κ2) is 12.4. The minimum absolute atomic E-state index is 0.196. The first-order chi connectivity index (χ1) is 12.5. The van der Waals surface area contributed by atoms with Gasteiger partial charge in [0.2, 0.25) is 0 Å². The summed E-state index contributed by atoms with van der Waals surface area (Å²) in [5.74, 6) is -1.03. The lowest BCUT2D eigenvalue weighted by Crippen LogP contribution is -2.27. The first-order valence-corrected chi connectivity index (χ1v) is 9.29. The monoisotopic (exact) mass is 364 g/mol. The van der Waals surface area contributed by atoms with Crippen molar-refractivity contribution in [1.82, 2.24) is 9.80 Å². The van der Waals surface area contributed by atoms with Crippen LogP contribution in [0.2, 0.25) is 0 Å². The maximum Gasteiger partial charge on any atom is 0.340 e. The molecule has 0 saturated heterocycles. The summed E-state index contributed by atoms with van der Waals surface area (Å²) in [7, 11) is 3.80. The molecule has 0 heterocycles. The van der Waals surface area contributed by atoms with Crippen molar-refractivity contribution in [2.75, 3.05) is 40.6 Å². The molecule has 0 N–H and O–H groups in total. The van der Waals surface area contributed by atoms with Crippen LogP contribution in [0.1, 0.15) is 60.2 Å². The van der Waals surface area contributed by atoms with Crippen LogP contribution in [0, 0.1) is 0 Å². The van der Waals surface area contributed by atoms with Crippen molar-refractivity contribution < 1.29 is 19.1 Å². The van der Waals surface area contributed by atoms with Gasteiger partial charge in [-0.1, -0.05) is 38.8 Å². The molecule has 1 rings (SSSR count). The van der Waals surface area contributed by atoms with Crippen molar-refractivity contribution in [2.24, 2.45) is 0 Å². The molecule has 0 aliphatic carbocycles. The lowest BCUT2D eigenvalue weighted by molar-refractivity contribution is 0.0227. The van der Waals surface area contributed by atoms with Crippen LogP contribution in [0.3, 0.4) is 0 Å². The quantitative estimate of drug-likeness (QED) is 0.419. The molecule has 0 radical (unpaired) electrons. The molecule has 6 nitrogen and oxygen atoms in total. The van der Waals surface area contributed by atoms with Gasteiger partial charge in [0.1, 0.15) is 13.5 Å². The lowest BCUT2D eigenvalue weighted by atomic mass is 10.1. The standard InChI is InChI=1S/C20H32N2O4/c1-5-7-13-21(3)15-25-19(23)17-11-9-10-12-18(17)20(24)26-16-22(4)14-8-6-2/h9-12H,5-8,13-16H2,1-4H3. The molecule has 0 aromatic heterocycles. The average Bonchev–Trinajstić information content (AvgIpc) is 2.66. The highest BCUT2D eigenvalue weighted by Gasteiger charge is 2.19. The van der Waals surface area contributed by atoms with Gasteiger partial charge in [-0.2, -0.15) is 0 Å². The molecule has 0 amide bonds. The number of carbonyl (C=O) groups is 2.